The molecule has 0 aromatic heterocycles. The number of rotatable bonds is 5. The number of nitrogens with zero attached hydrogens (tertiary/aromatic N) is 3. The Balaban J connectivity index is 0.00000288. The van der Waals surface area contributed by atoms with Crippen LogP contribution in [-0.4, -0.2) is 55.4 Å². The van der Waals surface area contributed by atoms with Crippen LogP contribution in [-0.2, 0) is 11.3 Å². The second-order valence-electron chi connectivity index (χ2n) is 6.14. The molecule has 1 aromatic carbocycles. The van der Waals surface area contributed by atoms with Crippen molar-refractivity contribution in [3.63, 3.8) is 0 Å². The SMILES string of the molecule is CN(C)C(=NCc1ccccc1)NCCC(=O)N1CCCCC1.I. The highest BCUT2D eigenvalue weighted by molar-refractivity contribution is 14.0. The minimum absolute atomic E-state index is 0. The molecule has 5 nitrogen and oxygen atoms in total. The molecule has 0 atom stereocenters. The largest absolute Gasteiger partial charge is 0.356 e. The molecule has 1 aliphatic rings. The number of halogens is 1. The maximum absolute atomic E-state index is 12.2. The number of hydrogen-bond acceptors (Lipinski definition) is 2. The van der Waals surface area contributed by atoms with Gasteiger partial charge in [-0.2, -0.15) is 0 Å². The maximum atomic E-state index is 12.2. The first kappa shape index (κ1) is 20.7. The molecule has 0 bridgehead atoms. The fraction of sp³-hybridized carbons (Fsp3) is 0.556. The number of carbonyl (C=O) groups excluding carboxylic acids is 1. The standard InChI is InChI=1S/C18H28N4O.HI/c1-21(2)18(20-15-16-9-5-3-6-10-16)19-12-11-17(23)22-13-7-4-8-14-22;/h3,5-6,9-10H,4,7-8,11-15H2,1-2H3,(H,19,20);1H. The van der Waals surface area contributed by atoms with Gasteiger partial charge in [-0.3, -0.25) is 4.79 Å². The van der Waals surface area contributed by atoms with Crippen LogP contribution in [0, 0.1) is 0 Å². The van der Waals surface area contributed by atoms with Crippen LogP contribution in [0.1, 0.15) is 31.2 Å². The van der Waals surface area contributed by atoms with Crippen LogP contribution in [0.3, 0.4) is 0 Å². The molecule has 1 amide bonds. The Morgan fingerprint density at radius 2 is 1.83 bits per heavy atom. The van der Waals surface area contributed by atoms with Crippen molar-refractivity contribution in [1.82, 2.24) is 15.1 Å². The predicted octanol–water partition coefficient (Wildman–Crippen LogP) is 2.71. The Hall–Kier alpha value is -1.31. The van der Waals surface area contributed by atoms with Gasteiger partial charge >= 0.3 is 0 Å². The van der Waals surface area contributed by atoms with E-state index >= 15 is 0 Å². The molecule has 134 valence electrons. The third-order valence-electron chi connectivity index (χ3n) is 4.01. The molecular formula is C18H29IN4O. The highest BCUT2D eigenvalue weighted by Crippen LogP contribution is 2.09. The zero-order chi connectivity index (χ0) is 16.5. The van der Waals surface area contributed by atoms with Crippen LogP contribution in [0.25, 0.3) is 0 Å². The van der Waals surface area contributed by atoms with Crippen molar-refractivity contribution in [1.29, 1.82) is 0 Å². The summed E-state index contributed by atoms with van der Waals surface area (Å²) in [5.74, 6) is 1.07. The first-order valence-electron chi connectivity index (χ1n) is 8.44. The van der Waals surface area contributed by atoms with Gasteiger partial charge in [0.15, 0.2) is 5.96 Å². The molecule has 0 spiro atoms. The van der Waals surface area contributed by atoms with Gasteiger partial charge < -0.3 is 15.1 Å². The minimum atomic E-state index is 0. The van der Waals surface area contributed by atoms with Crippen LogP contribution in [0.15, 0.2) is 35.3 Å². The zero-order valence-corrected chi connectivity index (χ0v) is 17.0. The smallest absolute Gasteiger partial charge is 0.224 e. The monoisotopic (exact) mass is 444 g/mol. The summed E-state index contributed by atoms with van der Waals surface area (Å²) in [5, 5.41) is 3.29. The van der Waals surface area contributed by atoms with Gasteiger partial charge in [0.25, 0.3) is 0 Å². The number of benzene rings is 1. The van der Waals surface area contributed by atoms with E-state index in [4.69, 9.17) is 0 Å². The summed E-state index contributed by atoms with van der Waals surface area (Å²) in [6, 6.07) is 10.2. The molecular weight excluding hydrogens is 415 g/mol. The molecule has 0 radical (unpaired) electrons. The Morgan fingerprint density at radius 1 is 1.17 bits per heavy atom. The normalized spacial score (nSPS) is 14.8. The lowest BCUT2D eigenvalue weighted by Gasteiger charge is -2.27. The topological polar surface area (TPSA) is 47.9 Å². The second-order valence-corrected chi connectivity index (χ2v) is 6.14. The fourth-order valence-corrected chi connectivity index (χ4v) is 2.69. The number of likely N-dealkylation sites (tertiary alicyclic amines) is 1. The number of piperidine rings is 1. The molecule has 24 heavy (non-hydrogen) atoms. The number of carbonyl (C=O) groups is 1. The Bertz CT molecular complexity index is 513. The van der Waals surface area contributed by atoms with Crippen LogP contribution >= 0.6 is 24.0 Å². The van der Waals surface area contributed by atoms with Crippen LogP contribution in [0.2, 0.25) is 0 Å². The first-order valence-corrected chi connectivity index (χ1v) is 8.44. The van der Waals surface area contributed by atoms with Gasteiger partial charge in [-0.25, -0.2) is 4.99 Å². The molecule has 1 aromatic rings. The molecule has 6 heteroatoms. The van der Waals surface area contributed by atoms with E-state index in [-0.39, 0.29) is 29.9 Å². The fourth-order valence-electron chi connectivity index (χ4n) is 2.69. The summed E-state index contributed by atoms with van der Waals surface area (Å²) in [4.78, 5) is 20.7. The molecule has 1 heterocycles. The number of aliphatic imine (C=N–C) groups is 1. The van der Waals surface area contributed by atoms with Gasteiger partial charge in [-0.1, -0.05) is 30.3 Å². The van der Waals surface area contributed by atoms with E-state index in [1.165, 1.54) is 12.0 Å². The summed E-state index contributed by atoms with van der Waals surface area (Å²) in [7, 11) is 3.92. The summed E-state index contributed by atoms with van der Waals surface area (Å²) < 4.78 is 0. The Kier molecular flexibility index (Phi) is 9.75. The van der Waals surface area contributed by atoms with Crippen LogP contribution in [0.4, 0.5) is 0 Å². The summed E-state index contributed by atoms with van der Waals surface area (Å²) in [6.07, 6.45) is 4.05. The predicted molar refractivity (Wildman–Crippen MR) is 110 cm³/mol. The van der Waals surface area contributed by atoms with Crippen LogP contribution in [0.5, 0.6) is 0 Å². The lowest BCUT2D eigenvalue weighted by molar-refractivity contribution is -0.131. The van der Waals surface area contributed by atoms with Gasteiger partial charge in [-0.05, 0) is 24.8 Å². The van der Waals surface area contributed by atoms with Gasteiger partial charge in [0.05, 0.1) is 6.54 Å². The van der Waals surface area contributed by atoms with Crippen molar-refractivity contribution in [3.8, 4) is 0 Å². The van der Waals surface area contributed by atoms with E-state index in [2.05, 4.69) is 22.4 Å². The van der Waals surface area contributed by atoms with E-state index in [0.717, 1.165) is 31.9 Å². The lowest BCUT2D eigenvalue weighted by Crippen LogP contribution is -2.40. The third kappa shape index (κ3) is 7.07. The highest BCUT2D eigenvalue weighted by Gasteiger charge is 2.16. The quantitative estimate of drug-likeness (QED) is 0.432. The number of nitrogens with one attached hydrogen (secondary N) is 1. The van der Waals surface area contributed by atoms with Gasteiger partial charge in [0, 0.05) is 40.2 Å². The van der Waals surface area contributed by atoms with E-state index < -0.39 is 0 Å². The molecule has 0 unspecified atom stereocenters. The van der Waals surface area contributed by atoms with E-state index in [0.29, 0.717) is 19.5 Å². The first-order chi connectivity index (χ1) is 11.2. The average Bonchev–Trinajstić information content (AvgIpc) is 2.59. The highest BCUT2D eigenvalue weighted by atomic mass is 127. The molecule has 0 saturated carbocycles. The van der Waals surface area contributed by atoms with Crippen molar-refractivity contribution >= 4 is 35.8 Å². The Morgan fingerprint density at radius 3 is 2.46 bits per heavy atom. The van der Waals surface area contributed by atoms with Crippen molar-refractivity contribution in [2.45, 2.75) is 32.2 Å². The van der Waals surface area contributed by atoms with E-state index in [1.807, 2.05) is 42.1 Å². The average molecular weight is 444 g/mol. The molecule has 1 aliphatic heterocycles. The molecule has 2 rings (SSSR count). The molecule has 1 N–H and O–H groups in total. The molecule has 1 fully saturated rings. The van der Waals surface area contributed by atoms with Gasteiger partial charge in [-0.15, -0.1) is 24.0 Å². The van der Waals surface area contributed by atoms with Crippen LogP contribution < -0.4 is 5.32 Å². The van der Waals surface area contributed by atoms with Gasteiger partial charge in [0.2, 0.25) is 5.91 Å². The number of hydrogen-bond donors (Lipinski definition) is 1. The molecule has 1 saturated heterocycles. The van der Waals surface area contributed by atoms with E-state index in [1.54, 1.807) is 0 Å². The minimum Gasteiger partial charge on any atom is -0.356 e. The van der Waals surface area contributed by atoms with Gasteiger partial charge in [0.1, 0.15) is 0 Å². The summed E-state index contributed by atoms with van der Waals surface area (Å²) in [5.41, 5.74) is 1.18. The Labute approximate surface area is 162 Å². The zero-order valence-electron chi connectivity index (χ0n) is 14.7. The van der Waals surface area contributed by atoms with E-state index in [9.17, 15) is 4.79 Å². The van der Waals surface area contributed by atoms with Crippen molar-refractivity contribution in [2.24, 2.45) is 4.99 Å². The second kappa shape index (κ2) is 11.3. The summed E-state index contributed by atoms with van der Waals surface area (Å²) >= 11 is 0. The third-order valence-corrected chi connectivity index (χ3v) is 4.01. The summed E-state index contributed by atoms with van der Waals surface area (Å²) in [6.45, 7) is 3.10. The number of amides is 1. The van der Waals surface area contributed by atoms with Crippen molar-refractivity contribution < 1.29 is 4.79 Å². The van der Waals surface area contributed by atoms with Crippen molar-refractivity contribution in [3.05, 3.63) is 35.9 Å². The maximum Gasteiger partial charge on any atom is 0.224 e. The number of guanidine groups is 1. The van der Waals surface area contributed by atoms with Crippen molar-refractivity contribution in [2.75, 3.05) is 33.7 Å². The molecule has 0 aliphatic carbocycles. The lowest BCUT2D eigenvalue weighted by atomic mass is 10.1.